The average molecular weight is 413 g/mol. The highest BCUT2D eigenvalue weighted by Crippen LogP contribution is 2.31. The molecule has 0 unspecified atom stereocenters. The summed E-state index contributed by atoms with van der Waals surface area (Å²) >= 11 is 0. The summed E-state index contributed by atoms with van der Waals surface area (Å²) in [5.41, 5.74) is -1.71. The van der Waals surface area contributed by atoms with Crippen LogP contribution >= 0.6 is 0 Å². The van der Waals surface area contributed by atoms with E-state index in [0.717, 1.165) is 15.7 Å². The lowest BCUT2D eigenvalue weighted by Gasteiger charge is -2.21. The number of H-pyrrole nitrogens is 1. The number of ether oxygens (including phenoxy) is 1. The molecule has 3 rings (SSSR count). The number of aliphatic hydroxyl groups is 2. The Morgan fingerprint density at radius 2 is 2.00 bits per heavy atom. The van der Waals surface area contributed by atoms with Crippen molar-refractivity contribution in [3.63, 3.8) is 0 Å². The van der Waals surface area contributed by atoms with Gasteiger partial charge in [0.15, 0.2) is 12.3 Å². The number of aromatic amines is 1. The molecule has 3 N–H and O–H groups in total. The maximum atomic E-state index is 13.1. The maximum Gasteiger partial charge on any atom is 0.330 e. The van der Waals surface area contributed by atoms with Gasteiger partial charge in [-0.1, -0.05) is 12.1 Å². The van der Waals surface area contributed by atoms with E-state index in [4.69, 9.17) is 4.74 Å². The van der Waals surface area contributed by atoms with Crippen molar-refractivity contribution in [1.82, 2.24) is 9.55 Å². The van der Waals surface area contributed by atoms with Crippen LogP contribution in [-0.4, -0.2) is 51.1 Å². The lowest BCUT2D eigenvalue weighted by molar-refractivity contribution is -0.221. The van der Waals surface area contributed by atoms with Gasteiger partial charge in [0.25, 0.3) is 5.56 Å². The highest BCUT2D eigenvalue weighted by molar-refractivity contribution is 5.74. The van der Waals surface area contributed by atoms with Crippen LogP contribution in [0, 0.1) is 5.82 Å². The number of carbonyl (C=O) groups excluding carboxylic acids is 1. The summed E-state index contributed by atoms with van der Waals surface area (Å²) in [6.45, 7) is -0.797. The van der Waals surface area contributed by atoms with Gasteiger partial charge in [0.2, 0.25) is 6.41 Å². The largest absolute Gasteiger partial charge is 0.394 e. The number of aliphatic hydroxyl groups excluding tert-OH is 2. The van der Waals surface area contributed by atoms with Gasteiger partial charge < -0.3 is 19.8 Å². The molecule has 1 amide bonds. The van der Waals surface area contributed by atoms with Crippen molar-refractivity contribution >= 4 is 12.1 Å². The quantitative estimate of drug-likeness (QED) is 0.514. The molecule has 1 aromatic carbocycles. The molecule has 1 saturated heterocycles. The third-order valence-corrected chi connectivity index (χ3v) is 4.52. The maximum absolute atomic E-state index is 13.1. The fraction of sp³-hybridized carbons (Fsp3) is 0.353. The van der Waals surface area contributed by atoms with Crippen molar-refractivity contribution in [2.45, 2.75) is 31.1 Å². The minimum Gasteiger partial charge on any atom is -0.394 e. The molecule has 1 aromatic heterocycles. The average Bonchev–Trinajstić information content (AvgIpc) is 3.03. The van der Waals surface area contributed by atoms with Crippen molar-refractivity contribution < 1.29 is 33.6 Å². The van der Waals surface area contributed by atoms with Crippen LogP contribution < -0.4 is 16.1 Å². The van der Waals surface area contributed by atoms with Crippen molar-refractivity contribution in [3.05, 3.63) is 62.7 Å². The molecule has 12 heteroatoms. The van der Waals surface area contributed by atoms with Gasteiger partial charge in [0.05, 0.1) is 13.2 Å². The van der Waals surface area contributed by atoms with Gasteiger partial charge in [-0.3, -0.25) is 19.1 Å². The Labute approximate surface area is 161 Å². The van der Waals surface area contributed by atoms with E-state index in [1.807, 2.05) is 4.98 Å². The molecule has 1 aliphatic heterocycles. The molecule has 1 fully saturated rings. The molecule has 4 atom stereocenters. The number of carbonyl (C=O) groups is 1. The Hall–Kier alpha value is -2.93. The predicted octanol–water partition coefficient (Wildman–Crippen LogP) is -0.641. The van der Waals surface area contributed by atoms with Crippen molar-refractivity contribution in [3.8, 4) is 0 Å². The molecule has 0 bridgehead atoms. The SMILES string of the molecule is O=CN(Cc1ccc(F)cc1)c1cn([C@@H]2O[C@H](CO)[C@H](O)[C@H]2OF)c(=O)[nH]c1=O. The molecule has 0 spiro atoms. The molecule has 10 nitrogen and oxygen atoms in total. The first-order chi connectivity index (χ1) is 13.9. The highest BCUT2D eigenvalue weighted by atomic mass is 19.3. The number of hydrogen-bond acceptors (Lipinski definition) is 7. The zero-order valence-corrected chi connectivity index (χ0v) is 14.8. The fourth-order valence-electron chi connectivity index (χ4n) is 3.02. The number of benzene rings is 1. The Morgan fingerprint density at radius 1 is 1.31 bits per heavy atom. The summed E-state index contributed by atoms with van der Waals surface area (Å²) in [4.78, 5) is 42.6. The number of hydrogen-bond donors (Lipinski definition) is 3. The number of amides is 1. The van der Waals surface area contributed by atoms with E-state index < -0.39 is 48.2 Å². The number of halogens is 2. The van der Waals surface area contributed by atoms with Crippen LogP contribution in [0.3, 0.4) is 0 Å². The first kappa shape index (κ1) is 20.8. The summed E-state index contributed by atoms with van der Waals surface area (Å²) in [5.74, 6) is -0.481. The van der Waals surface area contributed by atoms with Gasteiger partial charge in [-0.2, -0.15) is 4.94 Å². The number of nitrogens with one attached hydrogen (secondary N) is 1. The Balaban J connectivity index is 1.98. The minimum atomic E-state index is -1.66. The zero-order chi connectivity index (χ0) is 21.1. The lowest BCUT2D eigenvalue weighted by Crippen LogP contribution is -2.40. The van der Waals surface area contributed by atoms with Crippen LogP contribution in [0.2, 0.25) is 0 Å². The fourth-order valence-corrected chi connectivity index (χ4v) is 3.02. The van der Waals surface area contributed by atoms with Crippen LogP contribution in [0.25, 0.3) is 0 Å². The monoisotopic (exact) mass is 413 g/mol. The van der Waals surface area contributed by atoms with Gasteiger partial charge in [-0.05, 0) is 22.2 Å². The summed E-state index contributed by atoms with van der Waals surface area (Å²) in [5, 5.41) is 19.1. The van der Waals surface area contributed by atoms with Gasteiger partial charge >= 0.3 is 5.69 Å². The van der Waals surface area contributed by atoms with Gasteiger partial charge in [0, 0.05) is 6.20 Å². The van der Waals surface area contributed by atoms with E-state index in [1.165, 1.54) is 24.3 Å². The van der Waals surface area contributed by atoms with Crippen LogP contribution in [0.1, 0.15) is 11.8 Å². The standard InChI is InChI=1S/C17H17F2N3O7/c18-10-3-1-9(2-4-10)5-21(8-24)11-6-22(17(27)20-15(11)26)16-14(29-19)13(25)12(7-23)28-16/h1-4,6,8,12-14,16,23,25H,5,7H2,(H,20,26,27)/t12-,13+,14-,16-/m1/s1. The van der Waals surface area contributed by atoms with Crippen molar-refractivity contribution in [2.24, 2.45) is 0 Å². The zero-order valence-electron chi connectivity index (χ0n) is 14.8. The topological polar surface area (TPSA) is 134 Å². The predicted molar refractivity (Wildman–Crippen MR) is 93.0 cm³/mol. The smallest absolute Gasteiger partial charge is 0.330 e. The van der Waals surface area contributed by atoms with E-state index in [-0.39, 0.29) is 12.2 Å². The number of nitrogens with zero attached hydrogens (tertiary/aromatic N) is 2. The molecule has 0 aliphatic carbocycles. The lowest BCUT2D eigenvalue weighted by atomic mass is 10.1. The normalized spacial score (nSPS) is 23.9. The van der Waals surface area contributed by atoms with Gasteiger partial charge in [0.1, 0.15) is 23.7 Å². The second-order valence-corrected chi connectivity index (χ2v) is 6.33. The molecule has 0 saturated carbocycles. The molecular formula is C17H17F2N3O7. The second kappa shape index (κ2) is 8.61. The Bertz CT molecular complexity index is 978. The molecule has 2 aromatic rings. The molecule has 156 valence electrons. The number of anilines is 1. The molecule has 1 aliphatic rings. The Kier molecular flexibility index (Phi) is 6.17. The van der Waals surface area contributed by atoms with Crippen LogP contribution in [-0.2, 0) is 21.0 Å². The van der Waals surface area contributed by atoms with Gasteiger partial charge in [-0.25, -0.2) is 9.18 Å². The summed E-state index contributed by atoms with van der Waals surface area (Å²) in [6, 6.07) is 5.17. The number of aromatic nitrogens is 2. The van der Waals surface area contributed by atoms with Crippen molar-refractivity contribution in [2.75, 3.05) is 11.5 Å². The van der Waals surface area contributed by atoms with Crippen LogP contribution in [0.15, 0.2) is 40.1 Å². The Morgan fingerprint density at radius 3 is 2.59 bits per heavy atom. The molecule has 0 radical (unpaired) electrons. The summed E-state index contributed by atoms with van der Waals surface area (Å²) in [6.07, 6.45) is -4.72. The summed E-state index contributed by atoms with van der Waals surface area (Å²) in [7, 11) is 0. The number of rotatable bonds is 7. The minimum absolute atomic E-state index is 0.123. The van der Waals surface area contributed by atoms with E-state index >= 15 is 0 Å². The van der Waals surface area contributed by atoms with Crippen LogP contribution in [0.5, 0.6) is 0 Å². The van der Waals surface area contributed by atoms with E-state index in [2.05, 4.69) is 4.94 Å². The van der Waals surface area contributed by atoms with Crippen molar-refractivity contribution in [1.29, 1.82) is 0 Å². The third kappa shape index (κ3) is 4.10. The van der Waals surface area contributed by atoms with E-state index in [1.54, 1.807) is 0 Å². The van der Waals surface area contributed by atoms with E-state index in [0.29, 0.717) is 12.0 Å². The molecule has 2 heterocycles. The molecule has 29 heavy (non-hydrogen) atoms. The van der Waals surface area contributed by atoms with Gasteiger partial charge in [-0.15, -0.1) is 0 Å². The van der Waals surface area contributed by atoms with Crippen LogP contribution in [0.4, 0.5) is 14.6 Å². The third-order valence-electron chi connectivity index (χ3n) is 4.52. The molecular weight excluding hydrogens is 396 g/mol. The summed E-state index contributed by atoms with van der Waals surface area (Å²) < 4.78 is 32.0. The van der Waals surface area contributed by atoms with E-state index in [9.17, 15) is 33.5 Å². The second-order valence-electron chi connectivity index (χ2n) is 6.33. The highest BCUT2D eigenvalue weighted by Gasteiger charge is 2.47. The first-order valence-corrected chi connectivity index (χ1v) is 8.43. The first-order valence-electron chi connectivity index (χ1n) is 8.43.